The molecule has 11 fully saturated rings. The number of rotatable bonds is 0. The van der Waals surface area contributed by atoms with Gasteiger partial charge in [-0.05, 0) is 119 Å². The Labute approximate surface area is 388 Å². The first kappa shape index (κ1) is 39.8. The van der Waals surface area contributed by atoms with Crippen molar-refractivity contribution in [2.45, 2.75) is 156 Å². The van der Waals surface area contributed by atoms with Crippen LogP contribution in [0, 0.1) is 39.0 Å². The molecule has 2 N–H and O–H groups in total. The lowest BCUT2D eigenvalue weighted by atomic mass is 9.35. The Kier molecular flexibility index (Phi) is 6.36. The number of ether oxygens (including phenoxy) is 2. The molecular weight excluding hydrogens is 853 g/mol. The van der Waals surface area contributed by atoms with Gasteiger partial charge in [-0.15, -0.1) is 0 Å². The fraction of sp³-hybridized carbons (Fsp3) is 0.615. The van der Waals surface area contributed by atoms with E-state index in [4.69, 9.17) is 9.47 Å². The topological polar surface area (TPSA) is 181 Å². The van der Waals surface area contributed by atoms with E-state index in [2.05, 4.69) is 5.32 Å². The van der Waals surface area contributed by atoms with Crippen molar-refractivity contribution in [3.63, 3.8) is 0 Å². The summed E-state index contributed by atoms with van der Waals surface area (Å²) in [4.78, 5) is 70.3. The minimum atomic E-state index is -2.24. The van der Waals surface area contributed by atoms with Gasteiger partial charge in [0.15, 0.2) is 0 Å². The molecule has 2 aromatic carbocycles. The number of carbonyl (C=O) groups excluding carboxylic acids is 4. The van der Waals surface area contributed by atoms with Crippen LogP contribution in [-0.2, 0) is 30.2 Å². The van der Waals surface area contributed by atoms with Crippen LogP contribution >= 0.6 is 0 Å². The molecule has 15 aliphatic rings. The molecule has 15 heteroatoms. The van der Waals surface area contributed by atoms with E-state index in [9.17, 15) is 0 Å². The van der Waals surface area contributed by atoms with E-state index in [0.29, 0.717) is 72.6 Å². The van der Waals surface area contributed by atoms with E-state index in [1.54, 1.807) is 26.8 Å². The maximum atomic E-state index is 16.8. The molecule has 0 radical (unpaired) electrons. The summed E-state index contributed by atoms with van der Waals surface area (Å²) in [5.74, 6) is -3.04. The third-order valence-corrected chi connectivity index (χ3v) is 20.9. The van der Waals surface area contributed by atoms with Gasteiger partial charge in [0.25, 0.3) is 5.91 Å². The number of amides is 4. The smallest absolute Gasteiger partial charge is 0.251 e. The summed E-state index contributed by atoms with van der Waals surface area (Å²) >= 11 is 0. The van der Waals surface area contributed by atoms with E-state index in [-0.39, 0.29) is 47.7 Å². The van der Waals surface area contributed by atoms with E-state index in [0.717, 1.165) is 10.1 Å². The van der Waals surface area contributed by atoms with Crippen molar-refractivity contribution in [3.05, 3.63) is 69.1 Å². The summed E-state index contributed by atoms with van der Waals surface area (Å²) in [7, 11) is 0. The first-order valence-electron chi connectivity index (χ1n) is 24.5. The van der Waals surface area contributed by atoms with Gasteiger partial charge in [-0.1, -0.05) is 39.8 Å². The van der Waals surface area contributed by atoms with Gasteiger partial charge in [-0.3, -0.25) is 19.2 Å². The van der Waals surface area contributed by atoms with Crippen LogP contribution in [0.4, 0.5) is 11.4 Å². The lowest BCUT2D eigenvalue weighted by molar-refractivity contribution is -0.246. The number of carbonyl (C=O) groups is 4. The molecule has 4 bridgehead atoms. The molecule has 0 aromatic heterocycles. The van der Waals surface area contributed by atoms with Crippen molar-refractivity contribution < 1.29 is 33.8 Å². The molecule has 67 heavy (non-hydrogen) atoms. The minimum Gasteiger partial charge on any atom is -0.758 e. The highest BCUT2D eigenvalue weighted by atomic mass is 16.5. The third kappa shape index (κ3) is 3.55. The Morgan fingerprint density at radius 1 is 0.657 bits per heavy atom. The normalized spacial score (nSPS) is 45.2. The van der Waals surface area contributed by atoms with Gasteiger partial charge in [0.2, 0.25) is 17.7 Å². The second-order valence-corrected chi connectivity index (χ2v) is 25.0. The zero-order valence-electron chi connectivity index (χ0n) is 39.2. The van der Waals surface area contributed by atoms with Crippen molar-refractivity contribution >= 4 is 47.2 Å². The highest BCUT2D eigenvalue weighted by Crippen LogP contribution is 2.84. The number of benzene rings is 2. The fourth-order valence-electron chi connectivity index (χ4n) is 19.2. The highest BCUT2D eigenvalue weighted by Gasteiger charge is 2.97. The Balaban J connectivity index is 1.14. The van der Waals surface area contributed by atoms with Gasteiger partial charge >= 0.3 is 0 Å². The Morgan fingerprint density at radius 2 is 1.19 bits per heavy atom. The van der Waals surface area contributed by atoms with Crippen LogP contribution in [0.2, 0.25) is 0 Å². The zero-order valence-corrected chi connectivity index (χ0v) is 39.2. The Morgan fingerprint density at radius 3 is 1.84 bits per heavy atom. The van der Waals surface area contributed by atoms with Crippen LogP contribution in [0.5, 0.6) is 11.5 Å². The summed E-state index contributed by atoms with van der Waals surface area (Å²) in [6, 6.07) is 3.57. The fourth-order valence-corrected chi connectivity index (χ4v) is 19.2. The van der Waals surface area contributed by atoms with Crippen LogP contribution in [0.15, 0.2) is 36.4 Å². The van der Waals surface area contributed by atoms with Crippen molar-refractivity contribution in [1.29, 1.82) is 0 Å². The molecule has 13 aliphatic heterocycles. The van der Waals surface area contributed by atoms with Crippen molar-refractivity contribution in [2.75, 3.05) is 23.2 Å². The molecule has 350 valence electrons. The Bertz CT molecular complexity index is 2930. The van der Waals surface area contributed by atoms with E-state index < -0.39 is 91.1 Å². The van der Waals surface area contributed by atoms with E-state index >= 15 is 34.7 Å². The van der Waals surface area contributed by atoms with Crippen LogP contribution in [0.1, 0.15) is 116 Å². The monoisotopic (exact) mass is 908 g/mol. The lowest BCUT2D eigenvalue weighted by Gasteiger charge is -2.73. The van der Waals surface area contributed by atoms with E-state index in [1.807, 2.05) is 91.8 Å². The summed E-state index contributed by atoms with van der Waals surface area (Å²) in [5.41, 5.74) is -11.5. The summed E-state index contributed by atoms with van der Waals surface area (Å²) in [6.07, 6.45) is 10.2. The quantitative estimate of drug-likeness (QED) is 0.369. The second-order valence-electron chi connectivity index (χ2n) is 25.0. The average Bonchev–Trinajstić information content (AvgIpc) is 4.05. The van der Waals surface area contributed by atoms with Gasteiger partial charge in [-0.2, -0.15) is 0 Å². The number of hydrogen-bond donors (Lipinski definition) is 2. The van der Waals surface area contributed by atoms with Crippen molar-refractivity contribution in [1.82, 2.24) is 20.0 Å². The molecule has 12 atom stereocenters. The summed E-state index contributed by atoms with van der Waals surface area (Å²) in [5, 5.41) is 53.1. The molecule has 15 nitrogen and oxygen atoms in total. The third-order valence-electron chi connectivity index (χ3n) is 20.9. The first-order valence-corrected chi connectivity index (χ1v) is 24.5. The number of hydroxylamine groups is 2. The minimum absolute atomic E-state index is 0.226. The number of piperazine rings is 2. The maximum absolute atomic E-state index is 16.8. The van der Waals surface area contributed by atoms with Gasteiger partial charge in [0, 0.05) is 70.4 Å². The number of hydrogen-bond acceptors (Lipinski definition) is 11. The van der Waals surface area contributed by atoms with Gasteiger partial charge in [0.05, 0.1) is 12.1 Å². The molecule has 9 saturated heterocycles. The second kappa shape index (κ2) is 10.7. The highest BCUT2D eigenvalue weighted by molar-refractivity contribution is 6.11. The van der Waals surface area contributed by atoms with Crippen LogP contribution in [0.25, 0.3) is 12.2 Å². The molecule has 7 unspecified atom stereocenters. The SMILES string of the molecule is CC1(C)C=Cc2c(ccc3c2N([O-])C2C(C)(C)C4C[C@]56CCCN5C(=O)C4(NC6=O)[C@H]4N5C(=O)[C@]67CCCN6C(=O)C56C(C7)C(C)(C)C5N([O-])c7c(ccc8c7C=CC(C)(C)O8)[C@]5(O)[C@@H]6C324)O1. The van der Waals surface area contributed by atoms with Crippen molar-refractivity contribution in [2.24, 2.45) is 28.6 Å². The number of nitrogens with zero attached hydrogens (tertiary/aromatic N) is 5. The summed E-state index contributed by atoms with van der Waals surface area (Å²) < 4.78 is 13.0. The predicted octanol–water partition coefficient (Wildman–Crippen LogP) is 4.84. The van der Waals surface area contributed by atoms with E-state index in [1.165, 1.54) is 0 Å². The zero-order chi connectivity index (χ0) is 46.7. The standard InChI is InChI=1S/C52H56N6O9/c1-43(2)19-15-25-29(66-43)13-11-27-33(25)57(64)36-45(5,6)31-23-47-17-9-21-54(47)41(61)50(31,53-39(47)59)38-49(27,36)35-51-32(24-48(40(60)56(38)51)18-10-22-55(48)42(51)62)46(7,8)37-52(35,63)28-12-14-30-26(34(28)58(37)65)16-20-44(3,4)67-30/h11-16,19-20,31-32,35-38,63H,9-10,17-18,21-24H2,1-8H3,(H,53,59)/q-2/t31?,32?,35-,36?,37?,38+,47+,48-,49?,50?,51?,52+/m1/s1. The predicted molar refractivity (Wildman–Crippen MR) is 244 cm³/mol. The average molecular weight is 909 g/mol. The number of anilines is 2. The largest absolute Gasteiger partial charge is 0.758 e. The number of piperidine rings is 4. The maximum Gasteiger partial charge on any atom is 0.251 e. The number of nitrogens with one attached hydrogen (secondary N) is 1. The Hall–Kier alpha value is -5.12. The lowest BCUT2D eigenvalue weighted by Crippen LogP contribution is -2.93. The van der Waals surface area contributed by atoms with Crippen LogP contribution < -0.4 is 24.9 Å². The van der Waals surface area contributed by atoms with Gasteiger partial charge in [-0.25, -0.2) is 0 Å². The molecule has 4 amide bonds. The van der Waals surface area contributed by atoms with Gasteiger partial charge in [0.1, 0.15) is 50.5 Å². The molecule has 2 saturated carbocycles. The molecule has 2 aromatic rings. The van der Waals surface area contributed by atoms with Crippen molar-refractivity contribution in [3.8, 4) is 11.5 Å². The van der Waals surface area contributed by atoms with Crippen LogP contribution in [0.3, 0.4) is 0 Å². The molecule has 2 aliphatic carbocycles. The molecular formula is C52H56N6O9-2. The summed E-state index contributed by atoms with van der Waals surface area (Å²) in [6.45, 7) is 16.4. The molecule has 13 heterocycles. The number of aliphatic hydroxyl groups is 1. The molecule has 5 spiro atoms. The van der Waals surface area contributed by atoms with Crippen LogP contribution in [-0.4, -0.2) is 108 Å². The first-order chi connectivity index (χ1) is 31.5. The van der Waals surface area contributed by atoms with Gasteiger partial charge < -0.3 is 55.1 Å². The number of fused-ring (bicyclic) bond motifs is 10. The molecule has 17 rings (SSSR count).